The number of aryl methyl sites for hydroxylation is 1. The largest absolute Gasteiger partial charge is 0.573 e. The molecular weight excluding hydrogens is 719 g/mol. The standard InChI is InChI=1S/C30H19Cl2F6N9O3/c1-15-8-17(12-39)10-20(26(48)40-13-16-4-2-5-19(9-16)50-30(36,37)38)24(15)41-27(49)23-11-18(14-46-44-28(42-45-46)29(33,34)35)43-47(23)25-21(31)6-3-7-22(25)32/h2-11H,13-14H2,1H3,(H,40,48)(H,41,49). The predicted octanol–water partition coefficient (Wildman–Crippen LogP) is 6.49. The number of hydrogen-bond acceptors (Lipinski definition) is 8. The van der Waals surface area contributed by atoms with Crippen molar-refractivity contribution in [1.29, 1.82) is 5.26 Å². The van der Waals surface area contributed by atoms with Gasteiger partial charge in [0.25, 0.3) is 17.6 Å². The Balaban J connectivity index is 1.47. The summed E-state index contributed by atoms with van der Waals surface area (Å²) in [6.07, 6.45) is -9.79. The fraction of sp³-hybridized carbons (Fsp3) is 0.167. The first-order valence-corrected chi connectivity index (χ1v) is 14.7. The van der Waals surface area contributed by atoms with Gasteiger partial charge in [-0.3, -0.25) is 9.59 Å². The number of nitrogens with one attached hydrogen (secondary N) is 2. The van der Waals surface area contributed by atoms with Crippen molar-refractivity contribution in [2.24, 2.45) is 0 Å². The first kappa shape index (κ1) is 35.6. The van der Waals surface area contributed by atoms with Crippen LogP contribution in [0.3, 0.4) is 0 Å². The Morgan fingerprint density at radius 2 is 1.66 bits per heavy atom. The number of hydrogen-bond donors (Lipinski definition) is 2. The first-order valence-electron chi connectivity index (χ1n) is 13.9. The summed E-state index contributed by atoms with van der Waals surface area (Å²) >= 11 is 12.8. The molecule has 2 aromatic heterocycles. The zero-order valence-corrected chi connectivity index (χ0v) is 26.6. The Kier molecular flexibility index (Phi) is 10.0. The number of benzene rings is 3. The zero-order chi connectivity index (χ0) is 36.4. The third-order valence-electron chi connectivity index (χ3n) is 6.68. The molecule has 0 saturated heterocycles. The van der Waals surface area contributed by atoms with Gasteiger partial charge in [0.1, 0.15) is 23.7 Å². The molecule has 0 fully saturated rings. The van der Waals surface area contributed by atoms with Gasteiger partial charge in [-0.05, 0) is 65.7 Å². The Morgan fingerprint density at radius 1 is 0.960 bits per heavy atom. The number of para-hydroxylation sites is 1. The minimum atomic E-state index is -4.93. The van der Waals surface area contributed by atoms with Crippen molar-refractivity contribution in [2.45, 2.75) is 32.6 Å². The van der Waals surface area contributed by atoms with Gasteiger partial charge in [-0.2, -0.15) is 28.3 Å². The van der Waals surface area contributed by atoms with Crippen molar-refractivity contribution in [1.82, 2.24) is 35.3 Å². The number of anilines is 1. The number of rotatable bonds is 9. The fourth-order valence-electron chi connectivity index (χ4n) is 4.60. The number of aromatic nitrogens is 6. The molecule has 2 N–H and O–H groups in total. The Bertz CT molecular complexity index is 2120. The molecular formula is C30H19Cl2F6N9O3. The minimum Gasteiger partial charge on any atom is -0.406 e. The van der Waals surface area contributed by atoms with E-state index in [2.05, 4.69) is 35.9 Å². The van der Waals surface area contributed by atoms with E-state index in [0.717, 1.165) is 16.8 Å². The summed E-state index contributed by atoms with van der Waals surface area (Å²) in [5.74, 6) is -3.69. The van der Waals surface area contributed by atoms with Crippen LogP contribution in [0.1, 0.15) is 49.1 Å². The number of nitriles is 1. The number of halogens is 8. The third kappa shape index (κ3) is 8.30. The number of alkyl halides is 6. The molecule has 0 atom stereocenters. The molecule has 20 heteroatoms. The maximum absolute atomic E-state index is 13.9. The van der Waals surface area contributed by atoms with Crippen LogP contribution in [0.25, 0.3) is 5.69 Å². The van der Waals surface area contributed by atoms with E-state index in [4.69, 9.17) is 23.2 Å². The van der Waals surface area contributed by atoms with Crippen molar-refractivity contribution in [3.8, 4) is 17.5 Å². The number of amides is 2. The molecule has 12 nitrogen and oxygen atoms in total. The van der Waals surface area contributed by atoms with Crippen LogP contribution < -0.4 is 15.4 Å². The van der Waals surface area contributed by atoms with E-state index in [1.807, 2.05) is 6.07 Å². The van der Waals surface area contributed by atoms with Gasteiger partial charge in [-0.15, -0.1) is 23.4 Å². The molecule has 3 aromatic carbocycles. The highest BCUT2D eigenvalue weighted by molar-refractivity contribution is 6.37. The first-order chi connectivity index (χ1) is 23.5. The van der Waals surface area contributed by atoms with Crippen LogP contribution in [0.15, 0.2) is 60.7 Å². The number of carbonyl (C=O) groups is 2. The van der Waals surface area contributed by atoms with E-state index in [-0.39, 0.29) is 61.6 Å². The summed E-state index contributed by atoms with van der Waals surface area (Å²) < 4.78 is 82.1. The van der Waals surface area contributed by atoms with E-state index in [1.54, 1.807) is 0 Å². The minimum absolute atomic E-state index is 0.0106. The van der Waals surface area contributed by atoms with Gasteiger partial charge in [0.05, 0.1) is 38.6 Å². The van der Waals surface area contributed by atoms with Gasteiger partial charge in [-0.25, -0.2) is 4.68 Å². The number of tetrazole rings is 1. The smallest absolute Gasteiger partial charge is 0.406 e. The topological polar surface area (TPSA) is 153 Å². The van der Waals surface area contributed by atoms with E-state index < -0.39 is 42.5 Å². The highest BCUT2D eigenvalue weighted by Gasteiger charge is 2.37. The molecule has 5 rings (SSSR count). The van der Waals surface area contributed by atoms with Crippen LogP contribution in [0.5, 0.6) is 5.75 Å². The lowest BCUT2D eigenvalue weighted by atomic mass is 10.0. The summed E-state index contributed by atoms with van der Waals surface area (Å²) in [7, 11) is 0. The molecule has 0 bridgehead atoms. The van der Waals surface area contributed by atoms with E-state index in [9.17, 15) is 41.2 Å². The SMILES string of the molecule is Cc1cc(C#N)cc(C(=O)NCc2cccc(OC(F)(F)F)c2)c1NC(=O)c1cc(Cn2nnc(C(F)(F)F)n2)nn1-c1c(Cl)cccc1Cl. The molecule has 0 saturated carbocycles. The molecule has 0 aliphatic carbocycles. The Morgan fingerprint density at radius 3 is 2.30 bits per heavy atom. The summed E-state index contributed by atoms with van der Waals surface area (Å²) in [6.45, 7) is 0.787. The lowest BCUT2D eigenvalue weighted by Gasteiger charge is -2.16. The maximum atomic E-state index is 13.9. The van der Waals surface area contributed by atoms with Crippen LogP contribution in [0.4, 0.5) is 32.0 Å². The maximum Gasteiger partial charge on any atom is 0.573 e. The van der Waals surface area contributed by atoms with Crippen LogP contribution in [-0.4, -0.2) is 48.2 Å². The van der Waals surface area contributed by atoms with Gasteiger partial charge in [0.15, 0.2) is 0 Å². The zero-order valence-electron chi connectivity index (χ0n) is 25.1. The third-order valence-corrected chi connectivity index (χ3v) is 7.29. The van der Waals surface area contributed by atoms with Crippen molar-refractivity contribution < 1.29 is 40.7 Å². The second-order valence-corrected chi connectivity index (χ2v) is 11.1. The monoisotopic (exact) mass is 737 g/mol. The second kappa shape index (κ2) is 14.1. The second-order valence-electron chi connectivity index (χ2n) is 10.3. The van der Waals surface area contributed by atoms with Gasteiger partial charge < -0.3 is 15.4 Å². The summed E-state index contributed by atoms with van der Waals surface area (Å²) in [4.78, 5) is 27.9. The van der Waals surface area contributed by atoms with Gasteiger partial charge >= 0.3 is 12.5 Å². The van der Waals surface area contributed by atoms with E-state index >= 15 is 0 Å². The molecule has 50 heavy (non-hydrogen) atoms. The molecule has 0 aliphatic rings. The number of nitrogens with zero attached hydrogens (tertiary/aromatic N) is 7. The van der Waals surface area contributed by atoms with Crippen LogP contribution in [0.2, 0.25) is 10.0 Å². The van der Waals surface area contributed by atoms with Gasteiger partial charge in [0.2, 0.25) is 0 Å². The van der Waals surface area contributed by atoms with Gasteiger partial charge in [-0.1, -0.05) is 41.4 Å². The van der Waals surface area contributed by atoms with Crippen molar-refractivity contribution >= 4 is 40.7 Å². The molecule has 258 valence electrons. The summed E-state index contributed by atoms with van der Waals surface area (Å²) in [5.41, 5.74) is 0.152. The van der Waals surface area contributed by atoms with Gasteiger partial charge in [0, 0.05) is 6.54 Å². The highest BCUT2D eigenvalue weighted by atomic mass is 35.5. The van der Waals surface area contributed by atoms with Crippen molar-refractivity contribution in [2.75, 3.05) is 5.32 Å². The average Bonchev–Trinajstić information content (AvgIpc) is 3.68. The highest BCUT2D eigenvalue weighted by Crippen LogP contribution is 2.31. The molecule has 2 heterocycles. The fourth-order valence-corrected chi connectivity index (χ4v) is 5.16. The molecule has 0 aliphatic heterocycles. The van der Waals surface area contributed by atoms with E-state index in [0.29, 0.717) is 4.80 Å². The number of ether oxygens (including phenoxy) is 1. The number of carbonyl (C=O) groups excluding carboxylic acids is 2. The molecule has 2 amide bonds. The Hall–Kier alpha value is -5.67. The molecule has 5 aromatic rings. The summed E-state index contributed by atoms with van der Waals surface area (Å²) in [6, 6.07) is 15.1. The van der Waals surface area contributed by atoms with E-state index in [1.165, 1.54) is 55.5 Å². The normalized spacial score (nSPS) is 11.6. The summed E-state index contributed by atoms with van der Waals surface area (Å²) in [5, 5.41) is 28.8. The lowest BCUT2D eigenvalue weighted by molar-refractivity contribution is -0.274. The van der Waals surface area contributed by atoms with Crippen LogP contribution in [0, 0.1) is 18.3 Å². The molecule has 0 spiro atoms. The van der Waals surface area contributed by atoms with Crippen molar-refractivity contribution in [3.63, 3.8) is 0 Å². The molecule has 0 unspecified atom stereocenters. The quantitative estimate of drug-likeness (QED) is 0.163. The predicted molar refractivity (Wildman–Crippen MR) is 164 cm³/mol. The Labute approximate surface area is 287 Å². The van der Waals surface area contributed by atoms with Crippen LogP contribution >= 0.6 is 23.2 Å². The van der Waals surface area contributed by atoms with Crippen molar-refractivity contribution in [3.05, 3.63) is 110 Å². The lowest BCUT2D eigenvalue weighted by Crippen LogP contribution is -2.26. The molecule has 0 radical (unpaired) electrons. The average molecular weight is 738 g/mol. The van der Waals surface area contributed by atoms with Crippen LogP contribution in [-0.2, 0) is 19.3 Å².